The number of hydrogen-bond acceptors (Lipinski definition) is 4. The second-order valence-electron chi connectivity index (χ2n) is 4.76. The maximum atomic E-state index is 12.3. The van der Waals surface area contributed by atoms with E-state index in [0.29, 0.717) is 17.9 Å². The molecule has 0 spiro atoms. The summed E-state index contributed by atoms with van der Waals surface area (Å²) in [6.07, 6.45) is 1.75. The van der Waals surface area contributed by atoms with Gasteiger partial charge in [0.2, 0.25) is 0 Å². The van der Waals surface area contributed by atoms with Crippen LogP contribution in [0.5, 0.6) is 5.75 Å². The molecule has 0 saturated carbocycles. The van der Waals surface area contributed by atoms with Crippen LogP contribution in [-0.4, -0.2) is 47.6 Å². The monoisotopic (exact) mass is 278 g/mol. The molecule has 1 heterocycles. The standard InChI is InChI=1S/C14H18N2O4/c15-13(18)9-20-12-5-3-10(4-6-12)14(19)16-7-1-2-11(16)8-17/h3-6,11,17H,1-2,7-9H2,(H2,15,18). The van der Waals surface area contributed by atoms with E-state index in [1.807, 2.05) is 0 Å². The first kappa shape index (κ1) is 14.3. The van der Waals surface area contributed by atoms with Crippen molar-refractivity contribution in [3.05, 3.63) is 29.8 Å². The number of benzene rings is 1. The van der Waals surface area contributed by atoms with Crippen molar-refractivity contribution >= 4 is 11.8 Å². The van der Waals surface area contributed by atoms with E-state index in [1.165, 1.54) is 0 Å². The van der Waals surface area contributed by atoms with Gasteiger partial charge >= 0.3 is 0 Å². The number of aliphatic hydroxyl groups is 1. The van der Waals surface area contributed by atoms with Crippen LogP contribution in [0, 0.1) is 0 Å². The molecule has 20 heavy (non-hydrogen) atoms. The number of aliphatic hydroxyl groups excluding tert-OH is 1. The Balaban J connectivity index is 2.02. The van der Waals surface area contributed by atoms with Crippen molar-refractivity contribution < 1.29 is 19.4 Å². The highest BCUT2D eigenvalue weighted by Gasteiger charge is 2.28. The third-order valence-corrected chi connectivity index (χ3v) is 3.33. The van der Waals surface area contributed by atoms with Gasteiger partial charge in [-0.2, -0.15) is 0 Å². The van der Waals surface area contributed by atoms with Crippen LogP contribution < -0.4 is 10.5 Å². The van der Waals surface area contributed by atoms with Crippen molar-refractivity contribution in [2.45, 2.75) is 18.9 Å². The lowest BCUT2D eigenvalue weighted by atomic mass is 10.1. The molecule has 1 aliphatic heterocycles. The minimum absolute atomic E-state index is 0.00839. The molecule has 1 unspecified atom stereocenters. The third kappa shape index (κ3) is 3.27. The zero-order valence-corrected chi connectivity index (χ0v) is 11.1. The van der Waals surface area contributed by atoms with Crippen LogP contribution in [-0.2, 0) is 4.79 Å². The van der Waals surface area contributed by atoms with E-state index in [1.54, 1.807) is 29.2 Å². The molecule has 1 aromatic carbocycles. The van der Waals surface area contributed by atoms with E-state index in [2.05, 4.69) is 0 Å². The van der Waals surface area contributed by atoms with E-state index >= 15 is 0 Å². The molecule has 0 aliphatic carbocycles. The molecule has 2 amide bonds. The number of carbonyl (C=O) groups is 2. The fourth-order valence-electron chi connectivity index (χ4n) is 2.31. The summed E-state index contributed by atoms with van der Waals surface area (Å²) in [6, 6.07) is 6.45. The second-order valence-corrected chi connectivity index (χ2v) is 4.76. The fraction of sp³-hybridized carbons (Fsp3) is 0.429. The molecule has 1 saturated heterocycles. The molecule has 3 N–H and O–H groups in total. The summed E-state index contributed by atoms with van der Waals surface area (Å²) in [7, 11) is 0. The van der Waals surface area contributed by atoms with Crippen LogP contribution in [0.1, 0.15) is 23.2 Å². The summed E-state index contributed by atoms with van der Waals surface area (Å²) in [5, 5.41) is 9.24. The first-order valence-electron chi connectivity index (χ1n) is 6.55. The minimum Gasteiger partial charge on any atom is -0.484 e. The van der Waals surface area contributed by atoms with Gasteiger partial charge in [-0.25, -0.2) is 0 Å². The Labute approximate surface area is 117 Å². The zero-order valence-electron chi connectivity index (χ0n) is 11.1. The molecule has 1 atom stereocenters. The van der Waals surface area contributed by atoms with Crippen LogP contribution >= 0.6 is 0 Å². The molecule has 1 fully saturated rings. The highest BCUT2D eigenvalue weighted by molar-refractivity contribution is 5.94. The lowest BCUT2D eigenvalue weighted by molar-refractivity contribution is -0.119. The number of ether oxygens (including phenoxy) is 1. The average Bonchev–Trinajstić information content (AvgIpc) is 2.93. The second kappa shape index (κ2) is 6.38. The Kier molecular flexibility index (Phi) is 4.57. The van der Waals surface area contributed by atoms with Crippen molar-refractivity contribution in [3.63, 3.8) is 0 Å². The minimum atomic E-state index is -0.548. The summed E-state index contributed by atoms with van der Waals surface area (Å²) in [6.45, 7) is 0.474. The van der Waals surface area contributed by atoms with Crippen molar-refractivity contribution in [2.24, 2.45) is 5.73 Å². The number of primary amides is 1. The summed E-state index contributed by atoms with van der Waals surface area (Å²) in [5.41, 5.74) is 5.52. The maximum Gasteiger partial charge on any atom is 0.255 e. The van der Waals surface area contributed by atoms with Crippen LogP contribution in [0.4, 0.5) is 0 Å². The lowest BCUT2D eigenvalue weighted by Crippen LogP contribution is -2.37. The first-order valence-corrected chi connectivity index (χ1v) is 6.55. The van der Waals surface area contributed by atoms with Crippen molar-refractivity contribution in [1.82, 2.24) is 4.90 Å². The Morgan fingerprint density at radius 2 is 2.05 bits per heavy atom. The summed E-state index contributed by atoms with van der Waals surface area (Å²) < 4.78 is 5.13. The van der Waals surface area contributed by atoms with Gasteiger partial charge in [0.05, 0.1) is 12.6 Å². The fourth-order valence-corrected chi connectivity index (χ4v) is 2.31. The van der Waals surface area contributed by atoms with Crippen molar-refractivity contribution in [3.8, 4) is 5.75 Å². The van der Waals surface area contributed by atoms with Gasteiger partial charge in [0, 0.05) is 12.1 Å². The lowest BCUT2D eigenvalue weighted by Gasteiger charge is -2.23. The molecule has 1 aliphatic rings. The van der Waals surface area contributed by atoms with Crippen LogP contribution in [0.2, 0.25) is 0 Å². The Morgan fingerprint density at radius 3 is 2.65 bits per heavy atom. The van der Waals surface area contributed by atoms with Crippen molar-refractivity contribution in [1.29, 1.82) is 0 Å². The summed E-state index contributed by atoms with van der Waals surface area (Å²) in [5.74, 6) is -0.156. The van der Waals surface area contributed by atoms with Crippen molar-refractivity contribution in [2.75, 3.05) is 19.8 Å². The smallest absolute Gasteiger partial charge is 0.255 e. The molecule has 2 rings (SSSR count). The maximum absolute atomic E-state index is 12.3. The van der Waals surface area contributed by atoms with E-state index in [0.717, 1.165) is 12.8 Å². The molecule has 108 valence electrons. The molecule has 6 nitrogen and oxygen atoms in total. The van der Waals surface area contributed by atoms with Gasteiger partial charge in [-0.1, -0.05) is 0 Å². The molecule has 6 heteroatoms. The number of nitrogens with zero attached hydrogens (tertiary/aromatic N) is 1. The van der Waals surface area contributed by atoms with E-state index < -0.39 is 5.91 Å². The molecule has 0 aromatic heterocycles. The number of hydrogen-bond donors (Lipinski definition) is 2. The Morgan fingerprint density at radius 1 is 1.35 bits per heavy atom. The predicted octanol–water partition coefficient (Wildman–Crippen LogP) is 0.148. The predicted molar refractivity (Wildman–Crippen MR) is 72.3 cm³/mol. The van der Waals surface area contributed by atoms with Gasteiger partial charge in [-0.3, -0.25) is 9.59 Å². The van der Waals surface area contributed by atoms with E-state index in [-0.39, 0.29) is 25.2 Å². The van der Waals surface area contributed by atoms with Gasteiger partial charge in [0.25, 0.3) is 11.8 Å². The van der Waals surface area contributed by atoms with Crippen LogP contribution in [0.25, 0.3) is 0 Å². The number of rotatable bonds is 5. The number of nitrogens with two attached hydrogens (primary N) is 1. The molecule has 0 bridgehead atoms. The van der Waals surface area contributed by atoms with Crippen LogP contribution in [0.3, 0.4) is 0 Å². The third-order valence-electron chi connectivity index (χ3n) is 3.33. The van der Waals surface area contributed by atoms with Gasteiger partial charge in [0.15, 0.2) is 6.61 Å². The first-order chi connectivity index (χ1) is 9.61. The largest absolute Gasteiger partial charge is 0.484 e. The van der Waals surface area contributed by atoms with Gasteiger partial charge in [-0.05, 0) is 37.1 Å². The van der Waals surface area contributed by atoms with Gasteiger partial charge in [-0.15, -0.1) is 0 Å². The highest BCUT2D eigenvalue weighted by Crippen LogP contribution is 2.21. The number of likely N-dealkylation sites (tertiary alicyclic amines) is 1. The highest BCUT2D eigenvalue weighted by atomic mass is 16.5. The zero-order chi connectivity index (χ0) is 14.5. The quantitative estimate of drug-likeness (QED) is 0.801. The van der Waals surface area contributed by atoms with E-state index in [4.69, 9.17) is 10.5 Å². The number of amides is 2. The Bertz CT molecular complexity index is 486. The van der Waals surface area contributed by atoms with Gasteiger partial charge in [0.1, 0.15) is 5.75 Å². The number of carbonyl (C=O) groups excluding carboxylic acids is 2. The molecular formula is C14H18N2O4. The Hall–Kier alpha value is -2.08. The normalized spacial score (nSPS) is 18.1. The summed E-state index contributed by atoms with van der Waals surface area (Å²) >= 11 is 0. The SMILES string of the molecule is NC(=O)COc1ccc(C(=O)N2CCCC2CO)cc1. The van der Waals surface area contributed by atoms with Gasteiger partial charge < -0.3 is 20.5 Å². The topological polar surface area (TPSA) is 92.9 Å². The summed E-state index contributed by atoms with van der Waals surface area (Å²) in [4.78, 5) is 24.6. The average molecular weight is 278 g/mol. The van der Waals surface area contributed by atoms with Crippen LogP contribution in [0.15, 0.2) is 24.3 Å². The molecule has 1 aromatic rings. The molecular weight excluding hydrogens is 260 g/mol. The molecule has 0 radical (unpaired) electrons. The van der Waals surface area contributed by atoms with E-state index in [9.17, 15) is 14.7 Å².